The molecule has 1 aromatic heterocycles. The Bertz CT molecular complexity index is 824. The molecule has 2 aromatic carbocycles. The average Bonchev–Trinajstić information content (AvgIpc) is 2.40. The van der Waals surface area contributed by atoms with Gasteiger partial charge in [-0.3, -0.25) is 4.79 Å². The second-order valence-electron chi connectivity index (χ2n) is 4.10. The lowest BCUT2D eigenvalue weighted by molar-refractivity contribution is 0.618. The molecule has 0 bridgehead atoms. The first-order chi connectivity index (χ1) is 9.15. The third-order valence-corrected chi connectivity index (χ3v) is 3.76. The van der Waals surface area contributed by atoms with E-state index >= 15 is 0 Å². The molecule has 3 aromatic rings. The minimum absolute atomic E-state index is 0.102. The van der Waals surface area contributed by atoms with Crippen LogP contribution in [0.2, 0.25) is 5.02 Å². The molecular weight excluding hydrogens is 328 g/mol. The van der Waals surface area contributed by atoms with Gasteiger partial charge in [-0.1, -0.05) is 45.7 Å². The van der Waals surface area contributed by atoms with Crippen molar-refractivity contribution >= 4 is 38.5 Å². The van der Waals surface area contributed by atoms with Crippen LogP contribution in [0.1, 0.15) is 0 Å². The maximum atomic E-state index is 12.1. The number of hydrogen-bond donors (Lipinski definition) is 0. The van der Waals surface area contributed by atoms with E-state index in [1.165, 1.54) is 6.07 Å². The van der Waals surface area contributed by atoms with Gasteiger partial charge in [0.2, 0.25) is 0 Å². The van der Waals surface area contributed by atoms with Gasteiger partial charge >= 0.3 is 0 Å². The molecule has 94 valence electrons. The molecule has 0 atom stereocenters. The maximum absolute atomic E-state index is 12.1. The molecule has 19 heavy (non-hydrogen) atoms. The molecule has 0 unspecified atom stereocenters. The third kappa shape index (κ3) is 2.31. The van der Waals surface area contributed by atoms with Gasteiger partial charge in [0.15, 0.2) is 5.43 Å². The van der Waals surface area contributed by atoms with Crippen molar-refractivity contribution in [1.82, 2.24) is 0 Å². The fraction of sp³-hybridized carbons (Fsp3) is 0. The lowest BCUT2D eigenvalue weighted by Gasteiger charge is -2.05. The van der Waals surface area contributed by atoms with Gasteiger partial charge in [0.25, 0.3) is 0 Å². The highest BCUT2D eigenvalue weighted by molar-refractivity contribution is 9.10. The van der Waals surface area contributed by atoms with Gasteiger partial charge in [-0.15, -0.1) is 0 Å². The molecule has 0 amide bonds. The van der Waals surface area contributed by atoms with Crippen LogP contribution in [0.4, 0.5) is 0 Å². The van der Waals surface area contributed by atoms with E-state index in [1.807, 2.05) is 24.3 Å². The number of fused-ring (bicyclic) bond motifs is 1. The largest absolute Gasteiger partial charge is 0.456 e. The molecule has 3 rings (SSSR count). The molecule has 0 spiro atoms. The fourth-order valence-electron chi connectivity index (χ4n) is 1.92. The molecule has 0 saturated heterocycles. The summed E-state index contributed by atoms with van der Waals surface area (Å²) in [5, 5.41) is 1.01. The number of hydrogen-bond acceptors (Lipinski definition) is 2. The van der Waals surface area contributed by atoms with Crippen LogP contribution in [0.25, 0.3) is 22.3 Å². The van der Waals surface area contributed by atoms with E-state index in [-0.39, 0.29) is 5.43 Å². The van der Waals surface area contributed by atoms with Gasteiger partial charge in [-0.2, -0.15) is 0 Å². The van der Waals surface area contributed by atoms with Gasteiger partial charge < -0.3 is 4.42 Å². The van der Waals surface area contributed by atoms with Crippen molar-refractivity contribution in [3.05, 3.63) is 68.2 Å². The van der Waals surface area contributed by atoms with Crippen LogP contribution < -0.4 is 5.43 Å². The molecule has 0 aliphatic rings. The Morgan fingerprint density at radius 2 is 1.84 bits per heavy atom. The smallest absolute Gasteiger partial charge is 0.193 e. The standard InChI is InChI=1S/C15H8BrClO2/c16-12-4-2-1-3-10(12)15-8-13(18)11-7-9(17)5-6-14(11)19-15/h1-8H. The van der Waals surface area contributed by atoms with Crippen molar-refractivity contribution < 1.29 is 4.42 Å². The monoisotopic (exact) mass is 334 g/mol. The van der Waals surface area contributed by atoms with Crippen LogP contribution >= 0.6 is 27.5 Å². The Balaban J connectivity index is 2.31. The zero-order chi connectivity index (χ0) is 13.4. The molecule has 4 heteroatoms. The molecule has 0 fully saturated rings. The summed E-state index contributed by atoms with van der Waals surface area (Å²) in [7, 11) is 0. The highest BCUT2D eigenvalue weighted by atomic mass is 79.9. The van der Waals surface area contributed by atoms with E-state index in [1.54, 1.807) is 18.2 Å². The fourth-order valence-corrected chi connectivity index (χ4v) is 2.57. The van der Waals surface area contributed by atoms with Gasteiger partial charge in [-0.05, 0) is 24.3 Å². The quantitative estimate of drug-likeness (QED) is 0.634. The summed E-state index contributed by atoms with van der Waals surface area (Å²) in [6.07, 6.45) is 0. The van der Waals surface area contributed by atoms with E-state index in [9.17, 15) is 4.79 Å². The van der Waals surface area contributed by atoms with Crippen LogP contribution in [-0.4, -0.2) is 0 Å². The van der Waals surface area contributed by atoms with E-state index < -0.39 is 0 Å². The Hall–Kier alpha value is -1.58. The van der Waals surface area contributed by atoms with E-state index in [0.717, 1.165) is 10.0 Å². The summed E-state index contributed by atoms with van der Waals surface area (Å²) in [6.45, 7) is 0. The van der Waals surface area contributed by atoms with E-state index in [2.05, 4.69) is 15.9 Å². The van der Waals surface area contributed by atoms with E-state index in [4.69, 9.17) is 16.0 Å². The lowest BCUT2D eigenvalue weighted by atomic mass is 10.1. The second-order valence-corrected chi connectivity index (χ2v) is 5.39. The minimum atomic E-state index is -0.102. The topological polar surface area (TPSA) is 30.2 Å². The van der Waals surface area contributed by atoms with Gasteiger partial charge in [0.1, 0.15) is 11.3 Å². The summed E-state index contributed by atoms with van der Waals surface area (Å²) in [6, 6.07) is 14.1. The Labute approximate surface area is 122 Å². The molecular formula is C15H8BrClO2. The van der Waals surface area contributed by atoms with Crippen molar-refractivity contribution in [2.45, 2.75) is 0 Å². The zero-order valence-corrected chi connectivity index (χ0v) is 12.0. The first-order valence-electron chi connectivity index (χ1n) is 5.63. The Kier molecular flexibility index (Phi) is 3.17. The average molecular weight is 336 g/mol. The second kappa shape index (κ2) is 4.83. The third-order valence-electron chi connectivity index (χ3n) is 2.83. The van der Waals surface area contributed by atoms with Crippen molar-refractivity contribution in [1.29, 1.82) is 0 Å². The van der Waals surface area contributed by atoms with Crippen molar-refractivity contribution in [3.63, 3.8) is 0 Å². The van der Waals surface area contributed by atoms with Crippen molar-refractivity contribution in [2.24, 2.45) is 0 Å². The van der Waals surface area contributed by atoms with Crippen LogP contribution in [0.5, 0.6) is 0 Å². The highest BCUT2D eigenvalue weighted by Crippen LogP contribution is 2.29. The van der Waals surface area contributed by atoms with Gasteiger partial charge in [0, 0.05) is 21.1 Å². The molecule has 0 saturated carbocycles. The van der Waals surface area contributed by atoms with Crippen LogP contribution in [-0.2, 0) is 0 Å². The molecule has 0 aliphatic carbocycles. The normalized spacial score (nSPS) is 10.8. The predicted octanol–water partition coefficient (Wildman–Crippen LogP) is 4.88. The summed E-state index contributed by atoms with van der Waals surface area (Å²) >= 11 is 9.33. The van der Waals surface area contributed by atoms with Gasteiger partial charge in [0.05, 0.1) is 5.39 Å². The van der Waals surface area contributed by atoms with Crippen molar-refractivity contribution in [2.75, 3.05) is 0 Å². The molecule has 0 radical (unpaired) electrons. The summed E-state index contributed by atoms with van der Waals surface area (Å²) in [5.74, 6) is 0.535. The van der Waals surface area contributed by atoms with Crippen molar-refractivity contribution in [3.8, 4) is 11.3 Å². The number of halogens is 2. The molecule has 1 heterocycles. The van der Waals surface area contributed by atoms with Gasteiger partial charge in [-0.25, -0.2) is 0 Å². The summed E-state index contributed by atoms with van der Waals surface area (Å²) in [4.78, 5) is 12.1. The Morgan fingerprint density at radius 3 is 2.63 bits per heavy atom. The summed E-state index contributed by atoms with van der Waals surface area (Å²) < 4.78 is 6.66. The Morgan fingerprint density at radius 1 is 1.05 bits per heavy atom. The molecule has 0 aliphatic heterocycles. The van der Waals surface area contributed by atoms with Crippen LogP contribution in [0.3, 0.4) is 0 Å². The highest BCUT2D eigenvalue weighted by Gasteiger charge is 2.09. The first kappa shape index (κ1) is 12.5. The van der Waals surface area contributed by atoms with Crippen LogP contribution in [0, 0.1) is 0 Å². The van der Waals surface area contributed by atoms with E-state index in [0.29, 0.717) is 21.8 Å². The number of rotatable bonds is 1. The van der Waals surface area contributed by atoms with Crippen LogP contribution in [0.15, 0.2) is 62.2 Å². The summed E-state index contributed by atoms with van der Waals surface area (Å²) in [5.41, 5.74) is 1.27. The maximum Gasteiger partial charge on any atom is 0.193 e. The number of benzene rings is 2. The molecule has 0 N–H and O–H groups in total. The SMILES string of the molecule is O=c1cc(-c2ccccc2Br)oc2ccc(Cl)cc12. The first-order valence-corrected chi connectivity index (χ1v) is 6.80. The zero-order valence-electron chi connectivity index (χ0n) is 9.69. The molecule has 2 nitrogen and oxygen atoms in total. The lowest BCUT2D eigenvalue weighted by Crippen LogP contribution is -2.00. The minimum Gasteiger partial charge on any atom is -0.456 e. The predicted molar refractivity (Wildman–Crippen MR) is 80.6 cm³/mol.